The molecule has 0 spiro atoms. The average molecular weight is 551 g/mol. The summed E-state index contributed by atoms with van der Waals surface area (Å²) < 4.78 is 0. The first-order valence-electron chi connectivity index (χ1n) is 14.2. The van der Waals surface area contributed by atoms with Gasteiger partial charge in [-0.1, -0.05) is 24.3 Å². The van der Waals surface area contributed by atoms with Crippen LogP contribution < -0.4 is 10.6 Å². The van der Waals surface area contributed by atoms with E-state index in [0.717, 1.165) is 11.1 Å². The van der Waals surface area contributed by atoms with Crippen molar-refractivity contribution in [3.05, 3.63) is 59.7 Å². The standard InChI is InChI=1S/C32H46N4O4/c1-29(2)17-25(18-30(3,4)35(29)39)33-27(37)23-13-9-21(10-14-23)22-11-15-24(16-12-22)28(38)34-26-19-31(5,6)36(40)32(7,8)20-26/h9-16,25-26,39-40H,17-20H2,1-8H3,(H,33,37)(H,34,38). The number of rotatable bonds is 5. The van der Waals surface area contributed by atoms with E-state index in [0.29, 0.717) is 36.8 Å². The first kappa shape index (κ1) is 30.2. The summed E-state index contributed by atoms with van der Waals surface area (Å²) in [4.78, 5) is 26.0. The number of piperidine rings is 2. The number of benzene rings is 2. The Labute approximate surface area is 238 Å². The van der Waals surface area contributed by atoms with E-state index in [2.05, 4.69) is 10.6 Å². The normalized spacial score (nSPS) is 22.9. The third-order valence-corrected chi connectivity index (χ3v) is 8.58. The molecule has 2 aliphatic rings. The summed E-state index contributed by atoms with van der Waals surface area (Å²) in [6, 6.07) is 14.9. The number of carbonyl (C=O) groups excluding carboxylic acids is 2. The number of amides is 2. The highest BCUT2D eigenvalue weighted by atomic mass is 16.5. The van der Waals surface area contributed by atoms with Crippen molar-refractivity contribution in [1.82, 2.24) is 20.8 Å². The Morgan fingerprint density at radius 2 is 0.825 bits per heavy atom. The molecule has 4 rings (SSSR count). The van der Waals surface area contributed by atoms with Crippen molar-refractivity contribution in [2.24, 2.45) is 0 Å². The molecule has 0 radical (unpaired) electrons. The summed E-state index contributed by atoms with van der Waals surface area (Å²) in [6.07, 6.45) is 2.64. The van der Waals surface area contributed by atoms with Gasteiger partial charge in [-0.05, 0) is 116 Å². The van der Waals surface area contributed by atoms with Gasteiger partial charge in [0.05, 0.1) is 0 Å². The van der Waals surface area contributed by atoms with Crippen LogP contribution in [0.5, 0.6) is 0 Å². The molecule has 4 N–H and O–H groups in total. The zero-order valence-corrected chi connectivity index (χ0v) is 25.2. The molecular formula is C32H46N4O4. The van der Waals surface area contributed by atoms with Crippen molar-refractivity contribution in [2.45, 2.75) is 115 Å². The third-order valence-electron chi connectivity index (χ3n) is 8.58. The number of carbonyl (C=O) groups is 2. The van der Waals surface area contributed by atoms with Gasteiger partial charge in [-0.2, -0.15) is 10.1 Å². The van der Waals surface area contributed by atoms with Crippen molar-refractivity contribution in [1.29, 1.82) is 0 Å². The molecule has 8 heteroatoms. The van der Waals surface area contributed by atoms with Crippen molar-refractivity contribution >= 4 is 11.8 Å². The van der Waals surface area contributed by atoms with Crippen LogP contribution in [0.3, 0.4) is 0 Å². The molecule has 0 unspecified atom stereocenters. The second-order valence-corrected chi connectivity index (χ2v) is 14.2. The molecule has 2 fully saturated rings. The minimum absolute atomic E-state index is 0.0346. The summed E-state index contributed by atoms with van der Waals surface area (Å²) in [6.45, 7) is 15.9. The lowest BCUT2D eigenvalue weighted by atomic mass is 9.79. The van der Waals surface area contributed by atoms with E-state index in [-0.39, 0.29) is 23.9 Å². The molecule has 0 aliphatic carbocycles. The monoisotopic (exact) mass is 550 g/mol. The highest BCUT2D eigenvalue weighted by Gasteiger charge is 2.46. The van der Waals surface area contributed by atoms with Crippen LogP contribution in [0.15, 0.2) is 48.5 Å². The van der Waals surface area contributed by atoms with Crippen LogP contribution in [0, 0.1) is 0 Å². The Morgan fingerprint density at radius 1 is 0.575 bits per heavy atom. The van der Waals surface area contributed by atoms with Gasteiger partial charge in [0.25, 0.3) is 11.8 Å². The van der Waals surface area contributed by atoms with E-state index in [1.54, 1.807) is 0 Å². The van der Waals surface area contributed by atoms with Crippen molar-refractivity contribution in [3.63, 3.8) is 0 Å². The van der Waals surface area contributed by atoms with Crippen LogP contribution in [-0.2, 0) is 0 Å². The molecule has 2 aromatic carbocycles. The third kappa shape index (κ3) is 6.25. The highest BCUT2D eigenvalue weighted by molar-refractivity contribution is 5.96. The lowest BCUT2D eigenvalue weighted by Crippen LogP contribution is -2.62. The van der Waals surface area contributed by atoms with E-state index in [1.165, 1.54) is 10.1 Å². The van der Waals surface area contributed by atoms with Gasteiger partial charge >= 0.3 is 0 Å². The minimum atomic E-state index is -0.434. The first-order valence-corrected chi connectivity index (χ1v) is 14.2. The van der Waals surface area contributed by atoms with Crippen LogP contribution in [0.4, 0.5) is 0 Å². The SMILES string of the molecule is CC1(C)CC(NC(=O)c2ccc(-c3ccc(C(=O)NC4CC(C)(C)N(O)C(C)(C)C4)cc3)cc2)CC(C)(C)N1O. The first-order chi connectivity index (χ1) is 18.4. The smallest absolute Gasteiger partial charge is 0.251 e. The highest BCUT2D eigenvalue weighted by Crippen LogP contribution is 2.38. The largest absolute Gasteiger partial charge is 0.349 e. The second-order valence-electron chi connectivity index (χ2n) is 14.2. The number of nitrogens with one attached hydrogen (secondary N) is 2. The summed E-state index contributed by atoms with van der Waals surface area (Å²) in [5, 5.41) is 30.2. The average Bonchev–Trinajstić information content (AvgIpc) is 2.85. The van der Waals surface area contributed by atoms with E-state index < -0.39 is 22.2 Å². The Morgan fingerprint density at radius 3 is 1.07 bits per heavy atom. The molecule has 2 amide bonds. The van der Waals surface area contributed by atoms with Gasteiger partial charge in [0.15, 0.2) is 0 Å². The predicted molar refractivity (Wildman–Crippen MR) is 156 cm³/mol. The van der Waals surface area contributed by atoms with Gasteiger partial charge in [-0.25, -0.2) is 0 Å². The fourth-order valence-corrected chi connectivity index (χ4v) is 6.91. The second kappa shape index (κ2) is 10.6. The molecule has 40 heavy (non-hydrogen) atoms. The molecule has 2 heterocycles. The van der Waals surface area contributed by atoms with Gasteiger partial charge < -0.3 is 21.0 Å². The zero-order chi connectivity index (χ0) is 29.7. The van der Waals surface area contributed by atoms with Crippen LogP contribution >= 0.6 is 0 Å². The van der Waals surface area contributed by atoms with Gasteiger partial charge in [-0.3, -0.25) is 9.59 Å². The molecule has 218 valence electrons. The van der Waals surface area contributed by atoms with Gasteiger partial charge in [0.1, 0.15) is 0 Å². The molecule has 0 aromatic heterocycles. The molecule has 0 bridgehead atoms. The Hall–Kier alpha value is -2.78. The maximum atomic E-state index is 13.0. The summed E-state index contributed by atoms with van der Waals surface area (Å²) in [7, 11) is 0. The fraction of sp³-hybridized carbons (Fsp3) is 0.562. The molecule has 2 aromatic rings. The maximum absolute atomic E-state index is 13.0. The topological polar surface area (TPSA) is 105 Å². The van der Waals surface area contributed by atoms with Gasteiger partial charge in [0.2, 0.25) is 0 Å². The number of hydrogen-bond donors (Lipinski definition) is 4. The summed E-state index contributed by atoms with van der Waals surface area (Å²) >= 11 is 0. The lowest BCUT2D eigenvalue weighted by Gasteiger charge is -2.51. The zero-order valence-electron chi connectivity index (χ0n) is 25.2. The number of hydrogen-bond acceptors (Lipinski definition) is 6. The van der Waals surface area contributed by atoms with E-state index in [1.807, 2.05) is 104 Å². The van der Waals surface area contributed by atoms with Gasteiger partial charge in [-0.15, -0.1) is 0 Å². The van der Waals surface area contributed by atoms with Crippen LogP contribution in [0.25, 0.3) is 11.1 Å². The fourth-order valence-electron chi connectivity index (χ4n) is 6.91. The molecule has 2 aliphatic heterocycles. The predicted octanol–water partition coefficient (Wildman–Crippen LogP) is 5.63. The van der Waals surface area contributed by atoms with E-state index >= 15 is 0 Å². The molecular weight excluding hydrogens is 504 g/mol. The van der Waals surface area contributed by atoms with E-state index in [9.17, 15) is 20.0 Å². The van der Waals surface area contributed by atoms with Crippen molar-refractivity contribution < 1.29 is 20.0 Å². The summed E-state index contributed by atoms with van der Waals surface area (Å²) in [5.41, 5.74) is 1.35. The quantitative estimate of drug-likeness (QED) is 0.384. The van der Waals surface area contributed by atoms with Crippen molar-refractivity contribution in [3.8, 4) is 11.1 Å². The van der Waals surface area contributed by atoms with Crippen LogP contribution in [0.2, 0.25) is 0 Å². The molecule has 0 atom stereocenters. The minimum Gasteiger partial charge on any atom is -0.349 e. The van der Waals surface area contributed by atoms with Crippen LogP contribution in [-0.4, -0.2) is 66.6 Å². The number of nitrogens with zero attached hydrogens (tertiary/aromatic N) is 2. The summed E-state index contributed by atoms with van der Waals surface area (Å²) in [5.74, 6) is -0.250. The molecule has 8 nitrogen and oxygen atoms in total. The number of hydroxylamine groups is 4. The van der Waals surface area contributed by atoms with Gasteiger partial charge in [0, 0.05) is 45.4 Å². The Bertz CT molecular complexity index is 1100. The lowest BCUT2D eigenvalue weighted by molar-refractivity contribution is -0.245. The maximum Gasteiger partial charge on any atom is 0.251 e. The van der Waals surface area contributed by atoms with Crippen LogP contribution in [0.1, 0.15) is 102 Å². The molecule has 0 saturated carbocycles. The van der Waals surface area contributed by atoms with Crippen molar-refractivity contribution in [2.75, 3.05) is 0 Å². The molecule has 2 saturated heterocycles. The Balaban J connectivity index is 1.37. The Kier molecular flexibility index (Phi) is 7.97. The van der Waals surface area contributed by atoms with E-state index in [4.69, 9.17) is 0 Å².